The van der Waals surface area contributed by atoms with Gasteiger partial charge in [-0.1, -0.05) is 26.2 Å². The first-order chi connectivity index (χ1) is 7.60. The predicted octanol–water partition coefficient (Wildman–Crippen LogP) is 2.82. The van der Waals surface area contributed by atoms with Crippen LogP contribution in [0, 0.1) is 11.3 Å². The molecule has 1 atom stereocenters. The Morgan fingerprint density at radius 2 is 1.94 bits per heavy atom. The topological polar surface area (TPSA) is 57.5 Å². The molecule has 0 aliphatic heterocycles. The summed E-state index contributed by atoms with van der Waals surface area (Å²) in [7, 11) is 0. The molecule has 1 saturated carbocycles. The molecule has 1 fully saturated rings. The van der Waals surface area contributed by atoms with E-state index in [1.165, 1.54) is 19.3 Å². The number of hydrogen-bond acceptors (Lipinski definition) is 2. The third-order valence-electron chi connectivity index (χ3n) is 4.30. The molecule has 1 unspecified atom stereocenters. The minimum absolute atomic E-state index is 0.211. The van der Waals surface area contributed by atoms with Crippen molar-refractivity contribution < 1.29 is 15.0 Å². The van der Waals surface area contributed by atoms with Gasteiger partial charge in [0.15, 0.2) is 0 Å². The fourth-order valence-corrected chi connectivity index (χ4v) is 3.11. The highest BCUT2D eigenvalue weighted by Crippen LogP contribution is 2.46. The first kappa shape index (κ1) is 13.5. The van der Waals surface area contributed by atoms with Crippen LogP contribution in [0.4, 0.5) is 0 Å². The van der Waals surface area contributed by atoms with Crippen LogP contribution in [0.1, 0.15) is 58.3 Å². The Hall–Kier alpha value is -0.570. The lowest BCUT2D eigenvalue weighted by Crippen LogP contribution is -2.33. The quantitative estimate of drug-likeness (QED) is 0.735. The lowest BCUT2D eigenvalue weighted by atomic mass is 9.63. The molecule has 0 aromatic rings. The number of carbonyl (C=O) groups is 1. The lowest BCUT2D eigenvalue weighted by Gasteiger charge is -2.42. The highest BCUT2D eigenvalue weighted by atomic mass is 16.4. The first-order valence-corrected chi connectivity index (χ1v) is 6.43. The number of aliphatic hydroxyl groups is 1. The van der Waals surface area contributed by atoms with E-state index < -0.39 is 5.97 Å². The molecular weight excluding hydrogens is 204 g/mol. The Bertz CT molecular complexity index is 214. The average Bonchev–Trinajstić information content (AvgIpc) is 2.27. The molecule has 94 valence electrons. The van der Waals surface area contributed by atoms with Crippen molar-refractivity contribution in [1.29, 1.82) is 0 Å². The number of aliphatic carboxylic acids is 1. The summed E-state index contributed by atoms with van der Waals surface area (Å²) in [6.45, 7) is 2.39. The highest BCUT2D eigenvalue weighted by molar-refractivity contribution is 5.66. The molecule has 3 heteroatoms. The third-order valence-corrected chi connectivity index (χ3v) is 4.30. The normalized spacial score (nSPS) is 21.6. The van der Waals surface area contributed by atoms with Crippen LogP contribution in [0.5, 0.6) is 0 Å². The van der Waals surface area contributed by atoms with Gasteiger partial charge in [0.05, 0.1) is 0 Å². The SMILES string of the molecule is CC(CCC(=O)O)C1(CCO)CCCCC1. The van der Waals surface area contributed by atoms with E-state index in [-0.39, 0.29) is 18.4 Å². The zero-order chi connectivity index (χ0) is 12.0. The standard InChI is InChI=1S/C13H24O3/c1-11(5-6-12(15)16)13(9-10-14)7-3-2-4-8-13/h11,14H,2-10H2,1H3,(H,15,16). The van der Waals surface area contributed by atoms with Gasteiger partial charge in [0.2, 0.25) is 0 Å². The van der Waals surface area contributed by atoms with Crippen LogP contribution in [0.2, 0.25) is 0 Å². The van der Waals surface area contributed by atoms with Crippen LogP contribution in [0.25, 0.3) is 0 Å². The molecule has 2 N–H and O–H groups in total. The van der Waals surface area contributed by atoms with Gasteiger partial charge in [-0.15, -0.1) is 0 Å². The highest BCUT2D eigenvalue weighted by Gasteiger charge is 2.36. The Kier molecular flexibility index (Phi) is 5.26. The van der Waals surface area contributed by atoms with E-state index in [2.05, 4.69) is 6.92 Å². The second-order valence-electron chi connectivity index (χ2n) is 5.23. The maximum Gasteiger partial charge on any atom is 0.303 e. The van der Waals surface area contributed by atoms with Crippen LogP contribution in [-0.2, 0) is 4.79 Å². The average molecular weight is 228 g/mol. The molecule has 0 radical (unpaired) electrons. The first-order valence-electron chi connectivity index (χ1n) is 6.43. The monoisotopic (exact) mass is 228 g/mol. The van der Waals surface area contributed by atoms with Gasteiger partial charge in [-0.05, 0) is 37.0 Å². The van der Waals surface area contributed by atoms with Gasteiger partial charge in [0.25, 0.3) is 0 Å². The van der Waals surface area contributed by atoms with Crippen molar-refractivity contribution in [3.63, 3.8) is 0 Å². The van der Waals surface area contributed by atoms with Gasteiger partial charge in [-0.2, -0.15) is 0 Å². The smallest absolute Gasteiger partial charge is 0.303 e. The summed E-state index contributed by atoms with van der Waals surface area (Å²) in [5.41, 5.74) is 0.211. The van der Waals surface area contributed by atoms with E-state index in [1.54, 1.807) is 0 Å². The minimum atomic E-state index is -0.707. The van der Waals surface area contributed by atoms with Gasteiger partial charge in [0.1, 0.15) is 0 Å². The van der Waals surface area contributed by atoms with Crippen molar-refractivity contribution in [2.75, 3.05) is 6.61 Å². The van der Waals surface area contributed by atoms with E-state index in [4.69, 9.17) is 5.11 Å². The van der Waals surface area contributed by atoms with Crippen molar-refractivity contribution in [2.24, 2.45) is 11.3 Å². The van der Waals surface area contributed by atoms with Crippen LogP contribution in [-0.4, -0.2) is 22.8 Å². The van der Waals surface area contributed by atoms with Crippen molar-refractivity contribution in [3.05, 3.63) is 0 Å². The number of rotatable bonds is 6. The van der Waals surface area contributed by atoms with Crippen molar-refractivity contribution in [1.82, 2.24) is 0 Å². The van der Waals surface area contributed by atoms with Crippen LogP contribution in [0.15, 0.2) is 0 Å². The summed E-state index contributed by atoms with van der Waals surface area (Å²) in [6.07, 6.45) is 7.92. The Morgan fingerprint density at radius 1 is 1.31 bits per heavy atom. The Labute approximate surface area is 97.9 Å². The Balaban J connectivity index is 2.56. The Morgan fingerprint density at radius 3 is 2.44 bits per heavy atom. The van der Waals surface area contributed by atoms with Crippen LogP contribution in [0.3, 0.4) is 0 Å². The van der Waals surface area contributed by atoms with E-state index in [0.29, 0.717) is 5.92 Å². The van der Waals surface area contributed by atoms with Crippen molar-refractivity contribution in [2.45, 2.75) is 58.3 Å². The molecule has 1 aliphatic rings. The number of aliphatic hydroxyl groups excluding tert-OH is 1. The van der Waals surface area contributed by atoms with Gasteiger partial charge in [-0.25, -0.2) is 0 Å². The predicted molar refractivity (Wildman–Crippen MR) is 63.3 cm³/mol. The molecule has 0 bridgehead atoms. The maximum atomic E-state index is 10.6. The molecular formula is C13H24O3. The van der Waals surface area contributed by atoms with Crippen molar-refractivity contribution >= 4 is 5.97 Å². The van der Waals surface area contributed by atoms with E-state index in [1.807, 2.05) is 0 Å². The second kappa shape index (κ2) is 6.24. The van der Waals surface area contributed by atoms with E-state index in [9.17, 15) is 9.90 Å². The zero-order valence-electron chi connectivity index (χ0n) is 10.2. The third kappa shape index (κ3) is 3.48. The molecule has 0 aromatic heterocycles. The fraction of sp³-hybridized carbons (Fsp3) is 0.923. The summed E-state index contributed by atoms with van der Waals surface area (Å²) in [6, 6.07) is 0. The molecule has 0 aromatic carbocycles. The molecule has 1 rings (SSSR count). The lowest BCUT2D eigenvalue weighted by molar-refractivity contribution is -0.137. The maximum absolute atomic E-state index is 10.6. The second-order valence-corrected chi connectivity index (χ2v) is 5.23. The van der Waals surface area contributed by atoms with E-state index >= 15 is 0 Å². The summed E-state index contributed by atoms with van der Waals surface area (Å²) >= 11 is 0. The van der Waals surface area contributed by atoms with Gasteiger partial charge < -0.3 is 10.2 Å². The summed E-state index contributed by atoms with van der Waals surface area (Å²) < 4.78 is 0. The number of carboxylic acid groups (broad SMARTS) is 1. The van der Waals surface area contributed by atoms with E-state index in [0.717, 1.165) is 25.7 Å². The van der Waals surface area contributed by atoms with Gasteiger partial charge in [0, 0.05) is 13.0 Å². The van der Waals surface area contributed by atoms with Gasteiger partial charge in [-0.3, -0.25) is 4.79 Å². The van der Waals surface area contributed by atoms with Crippen molar-refractivity contribution in [3.8, 4) is 0 Å². The van der Waals surface area contributed by atoms with Crippen LogP contribution < -0.4 is 0 Å². The molecule has 16 heavy (non-hydrogen) atoms. The molecule has 0 saturated heterocycles. The number of carboxylic acids is 1. The summed E-state index contributed by atoms with van der Waals surface area (Å²) in [5, 5.41) is 17.9. The zero-order valence-corrected chi connectivity index (χ0v) is 10.2. The molecule has 3 nitrogen and oxygen atoms in total. The molecule has 0 spiro atoms. The van der Waals surface area contributed by atoms with Gasteiger partial charge >= 0.3 is 5.97 Å². The molecule has 0 heterocycles. The van der Waals surface area contributed by atoms with Crippen LogP contribution >= 0.6 is 0 Å². The molecule has 1 aliphatic carbocycles. The fourth-order valence-electron chi connectivity index (χ4n) is 3.11. The largest absolute Gasteiger partial charge is 0.481 e. The minimum Gasteiger partial charge on any atom is -0.481 e. The molecule has 0 amide bonds. The summed E-state index contributed by atoms with van der Waals surface area (Å²) in [4.78, 5) is 10.6. The summed E-state index contributed by atoms with van der Waals surface area (Å²) in [5.74, 6) is -0.294. The number of hydrogen-bond donors (Lipinski definition) is 2.